The summed E-state index contributed by atoms with van der Waals surface area (Å²) in [6.45, 7) is 0.723. The van der Waals surface area contributed by atoms with Gasteiger partial charge in [-0.05, 0) is 52.6 Å². The largest absolute Gasteiger partial charge is 0.481 e. The van der Waals surface area contributed by atoms with Crippen molar-refractivity contribution >= 4 is 12.0 Å². The molecule has 0 radical (unpaired) electrons. The predicted molar refractivity (Wildman–Crippen MR) is 80.2 cm³/mol. The number of nitrogens with one attached hydrogen (secondary N) is 1. The minimum Gasteiger partial charge on any atom is -0.481 e. The number of hydrogen-bond donors (Lipinski definition) is 2. The van der Waals surface area contributed by atoms with Gasteiger partial charge >= 0.3 is 12.0 Å². The Morgan fingerprint density at radius 3 is 2.33 bits per heavy atom. The molecule has 0 aromatic carbocycles. The zero-order valence-electron chi connectivity index (χ0n) is 13.3. The number of likely N-dealkylation sites (N-methyl/N-ethyl adjacent to an activating group) is 2. The first-order valence-electron chi connectivity index (χ1n) is 7.76. The Kier molecular flexibility index (Phi) is 4.76. The fourth-order valence-corrected chi connectivity index (χ4v) is 3.47. The molecule has 0 saturated heterocycles. The van der Waals surface area contributed by atoms with Crippen LogP contribution < -0.4 is 5.32 Å². The van der Waals surface area contributed by atoms with Crippen molar-refractivity contribution in [1.82, 2.24) is 15.1 Å². The van der Waals surface area contributed by atoms with E-state index in [4.69, 9.17) is 5.11 Å². The van der Waals surface area contributed by atoms with Crippen LogP contribution in [-0.2, 0) is 4.79 Å². The molecule has 0 heterocycles. The molecule has 120 valence electrons. The van der Waals surface area contributed by atoms with Gasteiger partial charge in [0.1, 0.15) is 0 Å². The number of hydrogen-bond acceptors (Lipinski definition) is 3. The van der Waals surface area contributed by atoms with Gasteiger partial charge in [0.25, 0.3) is 0 Å². The third-order valence-electron chi connectivity index (χ3n) is 5.22. The SMILES string of the molecule is CN(CC1(N(C)C)CCC1)C(=O)N[C@H]1CC[C@@H](C(=O)O)C1. The van der Waals surface area contributed by atoms with E-state index in [1.54, 1.807) is 4.90 Å². The van der Waals surface area contributed by atoms with E-state index >= 15 is 0 Å². The summed E-state index contributed by atoms with van der Waals surface area (Å²) >= 11 is 0. The summed E-state index contributed by atoms with van der Waals surface area (Å²) in [6, 6.07) is -0.0862. The Labute approximate surface area is 126 Å². The van der Waals surface area contributed by atoms with Crippen LogP contribution in [0.5, 0.6) is 0 Å². The summed E-state index contributed by atoms with van der Waals surface area (Å²) < 4.78 is 0. The van der Waals surface area contributed by atoms with Crippen molar-refractivity contribution in [2.24, 2.45) is 5.92 Å². The van der Waals surface area contributed by atoms with Crippen LogP contribution >= 0.6 is 0 Å². The molecule has 0 unspecified atom stereocenters. The highest BCUT2D eigenvalue weighted by Gasteiger charge is 2.41. The molecule has 6 heteroatoms. The summed E-state index contributed by atoms with van der Waals surface area (Å²) in [5.41, 5.74) is 0.116. The van der Waals surface area contributed by atoms with Crippen molar-refractivity contribution in [2.75, 3.05) is 27.7 Å². The molecule has 2 N–H and O–H groups in total. The molecule has 2 aliphatic rings. The van der Waals surface area contributed by atoms with Gasteiger partial charge in [-0.25, -0.2) is 4.79 Å². The Hall–Kier alpha value is -1.30. The maximum atomic E-state index is 12.3. The van der Waals surface area contributed by atoms with Crippen LogP contribution in [-0.4, -0.2) is 66.2 Å². The second-order valence-electron chi connectivity index (χ2n) is 6.82. The lowest BCUT2D eigenvalue weighted by Crippen LogP contribution is -2.58. The minimum absolute atomic E-state index is 0.00209. The molecule has 0 aromatic heterocycles. The van der Waals surface area contributed by atoms with Crippen LogP contribution in [0, 0.1) is 5.92 Å². The topological polar surface area (TPSA) is 72.9 Å². The number of carbonyl (C=O) groups excluding carboxylic acids is 1. The molecule has 6 nitrogen and oxygen atoms in total. The van der Waals surface area contributed by atoms with E-state index in [0.717, 1.165) is 25.8 Å². The summed E-state index contributed by atoms with van der Waals surface area (Å²) in [4.78, 5) is 27.2. The van der Waals surface area contributed by atoms with Crippen molar-refractivity contribution in [3.8, 4) is 0 Å². The Morgan fingerprint density at radius 1 is 1.24 bits per heavy atom. The quantitative estimate of drug-likeness (QED) is 0.804. The van der Waals surface area contributed by atoms with Crippen molar-refractivity contribution in [3.05, 3.63) is 0 Å². The van der Waals surface area contributed by atoms with Crippen molar-refractivity contribution in [3.63, 3.8) is 0 Å². The second kappa shape index (κ2) is 6.22. The van der Waals surface area contributed by atoms with Gasteiger partial charge < -0.3 is 20.2 Å². The van der Waals surface area contributed by atoms with E-state index in [9.17, 15) is 9.59 Å². The highest BCUT2D eigenvalue weighted by molar-refractivity contribution is 5.75. The molecule has 2 amide bonds. The molecule has 0 aromatic rings. The molecule has 21 heavy (non-hydrogen) atoms. The number of nitrogens with zero attached hydrogens (tertiary/aromatic N) is 2. The van der Waals surface area contributed by atoms with Gasteiger partial charge in [0.05, 0.1) is 5.92 Å². The zero-order valence-corrected chi connectivity index (χ0v) is 13.3. The lowest BCUT2D eigenvalue weighted by atomic mass is 9.75. The Balaban J connectivity index is 1.82. The highest BCUT2D eigenvalue weighted by atomic mass is 16.4. The standard InChI is InChI=1S/C15H27N3O3/c1-17(2)15(7-4-8-15)10-18(3)14(21)16-12-6-5-11(9-12)13(19)20/h11-12H,4-10H2,1-3H3,(H,16,21)(H,19,20)/t11-,12+/m1/s1. The average molecular weight is 297 g/mol. The number of aliphatic carboxylic acids is 1. The van der Waals surface area contributed by atoms with Crippen molar-refractivity contribution in [1.29, 1.82) is 0 Å². The van der Waals surface area contributed by atoms with Crippen LogP contribution in [0.15, 0.2) is 0 Å². The molecule has 0 aliphatic heterocycles. The van der Waals surface area contributed by atoms with Crippen LogP contribution in [0.4, 0.5) is 4.79 Å². The Morgan fingerprint density at radius 2 is 1.90 bits per heavy atom. The number of amides is 2. The van der Waals surface area contributed by atoms with Gasteiger partial charge in [0.15, 0.2) is 0 Å². The summed E-state index contributed by atoms with van der Waals surface area (Å²) in [5.74, 6) is -1.05. The van der Waals surface area contributed by atoms with Gasteiger partial charge in [0.2, 0.25) is 0 Å². The molecule has 0 spiro atoms. The Bertz CT molecular complexity index is 407. The summed E-state index contributed by atoms with van der Waals surface area (Å²) in [5, 5.41) is 12.0. The monoisotopic (exact) mass is 297 g/mol. The van der Waals surface area contributed by atoms with Gasteiger partial charge in [0, 0.05) is 25.2 Å². The van der Waals surface area contributed by atoms with Gasteiger partial charge in [-0.15, -0.1) is 0 Å². The number of carboxylic acids is 1. The number of rotatable bonds is 5. The molecule has 0 bridgehead atoms. The van der Waals surface area contributed by atoms with Crippen LogP contribution in [0.2, 0.25) is 0 Å². The van der Waals surface area contributed by atoms with E-state index in [1.165, 1.54) is 6.42 Å². The number of carboxylic acid groups (broad SMARTS) is 1. The van der Waals surface area contributed by atoms with Crippen LogP contribution in [0.25, 0.3) is 0 Å². The lowest BCUT2D eigenvalue weighted by Gasteiger charge is -2.49. The molecular formula is C15H27N3O3. The normalized spacial score (nSPS) is 27.2. The van der Waals surface area contributed by atoms with Gasteiger partial charge in [-0.2, -0.15) is 0 Å². The molecule has 2 aliphatic carbocycles. The van der Waals surface area contributed by atoms with Crippen molar-refractivity contribution in [2.45, 2.75) is 50.1 Å². The molecule has 2 saturated carbocycles. The number of carbonyl (C=O) groups is 2. The first-order chi connectivity index (χ1) is 9.84. The number of urea groups is 1. The third-order valence-corrected chi connectivity index (χ3v) is 5.22. The van der Waals surface area contributed by atoms with E-state index in [0.29, 0.717) is 12.8 Å². The average Bonchev–Trinajstić information content (AvgIpc) is 2.81. The molecule has 2 atom stereocenters. The van der Waals surface area contributed by atoms with Gasteiger partial charge in [-0.1, -0.05) is 0 Å². The van der Waals surface area contributed by atoms with E-state index < -0.39 is 5.97 Å². The van der Waals surface area contributed by atoms with Crippen LogP contribution in [0.1, 0.15) is 38.5 Å². The molecular weight excluding hydrogens is 270 g/mol. The third kappa shape index (κ3) is 3.48. The maximum Gasteiger partial charge on any atom is 0.317 e. The molecule has 2 fully saturated rings. The molecule has 2 rings (SSSR count). The fourth-order valence-electron chi connectivity index (χ4n) is 3.47. The predicted octanol–water partition coefficient (Wildman–Crippen LogP) is 1.37. The van der Waals surface area contributed by atoms with Crippen molar-refractivity contribution < 1.29 is 14.7 Å². The fraction of sp³-hybridized carbons (Fsp3) is 0.867. The smallest absolute Gasteiger partial charge is 0.317 e. The van der Waals surface area contributed by atoms with E-state index in [-0.39, 0.29) is 23.5 Å². The minimum atomic E-state index is -0.749. The van der Waals surface area contributed by atoms with E-state index in [1.807, 2.05) is 7.05 Å². The highest BCUT2D eigenvalue weighted by Crippen LogP contribution is 2.36. The summed E-state index contributed by atoms with van der Waals surface area (Å²) in [6.07, 6.45) is 5.44. The maximum absolute atomic E-state index is 12.3. The van der Waals surface area contributed by atoms with E-state index in [2.05, 4.69) is 24.3 Å². The van der Waals surface area contributed by atoms with Gasteiger partial charge in [-0.3, -0.25) is 4.79 Å². The first-order valence-corrected chi connectivity index (χ1v) is 7.76. The zero-order chi connectivity index (χ0) is 15.6. The lowest BCUT2D eigenvalue weighted by molar-refractivity contribution is -0.141. The second-order valence-corrected chi connectivity index (χ2v) is 6.82. The summed E-state index contributed by atoms with van der Waals surface area (Å²) in [7, 11) is 5.96. The first kappa shape index (κ1) is 16.1. The van der Waals surface area contributed by atoms with Crippen LogP contribution in [0.3, 0.4) is 0 Å².